The minimum absolute atomic E-state index is 0.0521. The van der Waals surface area contributed by atoms with Crippen LogP contribution in [0.15, 0.2) is 24.3 Å². The lowest BCUT2D eigenvalue weighted by molar-refractivity contribution is 0.0604. The lowest BCUT2D eigenvalue weighted by Gasteiger charge is -2.17. The van der Waals surface area contributed by atoms with Crippen LogP contribution in [0.25, 0.3) is 0 Å². The van der Waals surface area contributed by atoms with Crippen LogP contribution in [0.2, 0.25) is 0 Å². The van der Waals surface area contributed by atoms with Gasteiger partial charge in [-0.3, -0.25) is 0 Å². The standard InChI is InChI=1S/C13H18O3/c14-9-8-10-4-6-11(7-5-10)16-13-3-1-2-12(13)15/h4-7,12-15H,1-3,8-9H2/t12-,13-/m0/s1. The highest BCUT2D eigenvalue weighted by Gasteiger charge is 2.26. The molecule has 2 atom stereocenters. The first-order chi connectivity index (χ1) is 7.79. The molecule has 0 saturated heterocycles. The van der Waals surface area contributed by atoms with Crippen molar-refractivity contribution in [1.29, 1.82) is 0 Å². The fraction of sp³-hybridized carbons (Fsp3) is 0.538. The lowest BCUT2D eigenvalue weighted by atomic mass is 10.1. The van der Waals surface area contributed by atoms with E-state index in [2.05, 4.69) is 0 Å². The van der Waals surface area contributed by atoms with Crippen LogP contribution in [0.1, 0.15) is 24.8 Å². The summed E-state index contributed by atoms with van der Waals surface area (Å²) in [5, 5.41) is 18.4. The van der Waals surface area contributed by atoms with Gasteiger partial charge in [0.2, 0.25) is 0 Å². The van der Waals surface area contributed by atoms with E-state index >= 15 is 0 Å². The molecule has 1 aliphatic carbocycles. The van der Waals surface area contributed by atoms with E-state index in [0.717, 1.165) is 30.6 Å². The van der Waals surface area contributed by atoms with Gasteiger partial charge in [0.15, 0.2) is 0 Å². The summed E-state index contributed by atoms with van der Waals surface area (Å²) in [5.74, 6) is 0.799. The minimum Gasteiger partial charge on any atom is -0.488 e. The molecule has 2 rings (SSSR count). The highest BCUT2D eigenvalue weighted by atomic mass is 16.5. The average molecular weight is 222 g/mol. The third-order valence-corrected chi connectivity index (χ3v) is 3.03. The Kier molecular flexibility index (Phi) is 3.80. The van der Waals surface area contributed by atoms with Crippen LogP contribution in [0.4, 0.5) is 0 Å². The zero-order valence-electron chi connectivity index (χ0n) is 9.30. The van der Waals surface area contributed by atoms with E-state index in [0.29, 0.717) is 6.42 Å². The van der Waals surface area contributed by atoms with E-state index in [1.807, 2.05) is 24.3 Å². The van der Waals surface area contributed by atoms with Gasteiger partial charge in [-0.1, -0.05) is 12.1 Å². The van der Waals surface area contributed by atoms with Gasteiger partial charge in [-0.2, -0.15) is 0 Å². The quantitative estimate of drug-likeness (QED) is 0.812. The zero-order valence-corrected chi connectivity index (χ0v) is 9.30. The lowest BCUT2D eigenvalue weighted by Crippen LogP contribution is -2.25. The predicted octanol–water partition coefficient (Wildman–Crippen LogP) is 1.51. The Morgan fingerprint density at radius 3 is 2.50 bits per heavy atom. The van der Waals surface area contributed by atoms with Crippen molar-refractivity contribution >= 4 is 0 Å². The van der Waals surface area contributed by atoms with Gasteiger partial charge in [0.25, 0.3) is 0 Å². The molecular weight excluding hydrogens is 204 g/mol. The van der Waals surface area contributed by atoms with Gasteiger partial charge in [-0.05, 0) is 43.4 Å². The van der Waals surface area contributed by atoms with Crippen molar-refractivity contribution in [3.8, 4) is 5.75 Å². The van der Waals surface area contributed by atoms with Gasteiger partial charge in [0.05, 0.1) is 6.10 Å². The molecular formula is C13H18O3. The first-order valence-corrected chi connectivity index (χ1v) is 5.84. The van der Waals surface area contributed by atoms with Gasteiger partial charge in [-0.25, -0.2) is 0 Å². The van der Waals surface area contributed by atoms with Crippen molar-refractivity contribution in [2.45, 2.75) is 37.9 Å². The van der Waals surface area contributed by atoms with Gasteiger partial charge in [-0.15, -0.1) is 0 Å². The smallest absolute Gasteiger partial charge is 0.124 e. The predicted molar refractivity (Wildman–Crippen MR) is 61.5 cm³/mol. The molecule has 1 aliphatic rings. The van der Waals surface area contributed by atoms with Crippen molar-refractivity contribution < 1.29 is 14.9 Å². The fourth-order valence-electron chi connectivity index (χ4n) is 2.08. The van der Waals surface area contributed by atoms with E-state index in [-0.39, 0.29) is 18.8 Å². The van der Waals surface area contributed by atoms with E-state index in [9.17, 15) is 5.11 Å². The summed E-state index contributed by atoms with van der Waals surface area (Å²) in [7, 11) is 0. The van der Waals surface area contributed by atoms with Crippen molar-refractivity contribution in [2.24, 2.45) is 0 Å². The maximum atomic E-state index is 9.63. The Morgan fingerprint density at radius 2 is 1.94 bits per heavy atom. The van der Waals surface area contributed by atoms with Crippen LogP contribution < -0.4 is 4.74 Å². The maximum absolute atomic E-state index is 9.63. The molecule has 16 heavy (non-hydrogen) atoms. The Balaban J connectivity index is 1.94. The molecule has 0 unspecified atom stereocenters. The average Bonchev–Trinajstić information content (AvgIpc) is 2.68. The van der Waals surface area contributed by atoms with Crippen LogP contribution in [0, 0.1) is 0 Å². The molecule has 88 valence electrons. The molecule has 0 spiro atoms. The molecule has 0 bridgehead atoms. The number of hydrogen-bond acceptors (Lipinski definition) is 3. The van der Waals surface area contributed by atoms with Crippen LogP contribution >= 0.6 is 0 Å². The molecule has 0 aliphatic heterocycles. The second-order valence-electron chi connectivity index (χ2n) is 4.27. The molecule has 0 amide bonds. The van der Waals surface area contributed by atoms with Gasteiger partial charge < -0.3 is 14.9 Å². The maximum Gasteiger partial charge on any atom is 0.124 e. The van der Waals surface area contributed by atoms with E-state index in [1.165, 1.54) is 0 Å². The number of benzene rings is 1. The van der Waals surface area contributed by atoms with E-state index in [4.69, 9.17) is 9.84 Å². The Hall–Kier alpha value is -1.06. The largest absolute Gasteiger partial charge is 0.488 e. The van der Waals surface area contributed by atoms with Crippen molar-refractivity contribution in [2.75, 3.05) is 6.61 Å². The second kappa shape index (κ2) is 5.32. The summed E-state index contributed by atoms with van der Waals surface area (Å²) in [6, 6.07) is 7.70. The third-order valence-electron chi connectivity index (χ3n) is 3.03. The molecule has 1 aromatic rings. The molecule has 0 heterocycles. The second-order valence-corrected chi connectivity index (χ2v) is 4.27. The first-order valence-electron chi connectivity index (χ1n) is 5.84. The number of aliphatic hydroxyl groups is 2. The van der Waals surface area contributed by atoms with Gasteiger partial charge in [0.1, 0.15) is 11.9 Å². The molecule has 1 aromatic carbocycles. The molecule has 2 N–H and O–H groups in total. The SMILES string of the molecule is OCCc1ccc(O[C@H]2CCC[C@@H]2O)cc1. The van der Waals surface area contributed by atoms with Crippen LogP contribution in [0.3, 0.4) is 0 Å². The normalized spacial score (nSPS) is 24.6. The van der Waals surface area contributed by atoms with Crippen LogP contribution in [0.5, 0.6) is 5.75 Å². The highest BCUT2D eigenvalue weighted by molar-refractivity contribution is 5.27. The van der Waals surface area contributed by atoms with Crippen molar-refractivity contribution in [3.63, 3.8) is 0 Å². The molecule has 0 radical (unpaired) electrons. The molecule has 1 fully saturated rings. The summed E-state index contributed by atoms with van der Waals surface area (Å²) in [6.07, 6.45) is 3.11. The third kappa shape index (κ3) is 2.74. The number of aliphatic hydroxyl groups excluding tert-OH is 2. The van der Waals surface area contributed by atoms with Gasteiger partial charge in [0, 0.05) is 6.61 Å². The van der Waals surface area contributed by atoms with Gasteiger partial charge >= 0.3 is 0 Å². The first kappa shape index (κ1) is 11.4. The van der Waals surface area contributed by atoms with E-state index in [1.54, 1.807) is 0 Å². The fourth-order valence-corrected chi connectivity index (χ4v) is 2.08. The number of hydrogen-bond donors (Lipinski definition) is 2. The summed E-state index contributed by atoms with van der Waals surface area (Å²) < 4.78 is 5.71. The number of rotatable bonds is 4. The Morgan fingerprint density at radius 1 is 1.19 bits per heavy atom. The Bertz CT molecular complexity index is 320. The number of ether oxygens (including phenoxy) is 1. The molecule has 3 nitrogen and oxygen atoms in total. The topological polar surface area (TPSA) is 49.7 Å². The molecule has 1 saturated carbocycles. The Labute approximate surface area is 95.7 Å². The molecule has 3 heteroatoms. The summed E-state index contributed by atoms with van der Waals surface area (Å²) >= 11 is 0. The molecule has 0 aromatic heterocycles. The van der Waals surface area contributed by atoms with Crippen molar-refractivity contribution in [3.05, 3.63) is 29.8 Å². The zero-order chi connectivity index (χ0) is 11.4. The minimum atomic E-state index is -0.322. The summed E-state index contributed by atoms with van der Waals surface area (Å²) in [4.78, 5) is 0. The van der Waals surface area contributed by atoms with Crippen molar-refractivity contribution in [1.82, 2.24) is 0 Å². The summed E-state index contributed by atoms with van der Waals surface area (Å²) in [5.41, 5.74) is 1.10. The highest BCUT2D eigenvalue weighted by Crippen LogP contribution is 2.24. The van der Waals surface area contributed by atoms with Crippen LogP contribution in [-0.2, 0) is 6.42 Å². The van der Waals surface area contributed by atoms with Crippen LogP contribution in [-0.4, -0.2) is 29.0 Å². The monoisotopic (exact) mass is 222 g/mol. The van der Waals surface area contributed by atoms with E-state index < -0.39 is 0 Å². The summed E-state index contributed by atoms with van der Waals surface area (Å²) in [6.45, 7) is 0.168.